The lowest BCUT2D eigenvalue weighted by Crippen LogP contribution is -2.37. The van der Waals surface area contributed by atoms with Crippen molar-refractivity contribution in [3.63, 3.8) is 0 Å². The van der Waals surface area contributed by atoms with Crippen LogP contribution in [0, 0.1) is 0 Å². The van der Waals surface area contributed by atoms with E-state index in [0.717, 1.165) is 6.07 Å². The first-order valence-electron chi connectivity index (χ1n) is 5.94. The Morgan fingerprint density at radius 2 is 2.05 bits per heavy atom. The Morgan fingerprint density at radius 1 is 1.40 bits per heavy atom. The minimum absolute atomic E-state index is 0.0488. The normalized spacial score (nSPS) is 10.2. The minimum atomic E-state index is -0.703. The molecule has 0 fully saturated rings. The third-order valence-corrected chi connectivity index (χ3v) is 2.67. The van der Waals surface area contributed by atoms with Gasteiger partial charge < -0.3 is 15.7 Å². The number of aromatic nitrogens is 2. The Kier molecular flexibility index (Phi) is 3.69. The average Bonchev–Trinajstić information content (AvgIpc) is 2.45. The van der Waals surface area contributed by atoms with E-state index in [4.69, 9.17) is 10.6 Å². The Bertz CT molecular complexity index is 695. The van der Waals surface area contributed by atoms with Crippen LogP contribution in [0.2, 0.25) is 0 Å². The molecule has 7 heteroatoms. The molecule has 0 aliphatic rings. The van der Waals surface area contributed by atoms with Crippen LogP contribution in [0.15, 0.2) is 41.5 Å². The summed E-state index contributed by atoms with van der Waals surface area (Å²) in [5.41, 5.74) is -0.663. The number of rotatable bonds is 3. The topological polar surface area (TPSA) is 98.4 Å². The van der Waals surface area contributed by atoms with E-state index in [-0.39, 0.29) is 17.9 Å². The highest BCUT2D eigenvalue weighted by atomic mass is 16.5. The predicted octanol–water partition coefficient (Wildman–Crippen LogP) is -0.279. The summed E-state index contributed by atoms with van der Waals surface area (Å²) in [6, 6.07) is 6.23. The number of hydrogen-bond donors (Lipinski definition) is 2. The Balaban J connectivity index is 2.73. The molecule has 0 amide bonds. The maximum atomic E-state index is 11.9. The highest BCUT2D eigenvalue weighted by molar-refractivity contribution is 5.93. The first-order valence-corrected chi connectivity index (χ1v) is 5.94. The van der Waals surface area contributed by atoms with Crippen LogP contribution in [-0.2, 0) is 4.74 Å². The SMILES string of the molecule is CCOC(=O)c1cc(=O)n(N)c(O)c1-[n+]1ccccc1. The van der Waals surface area contributed by atoms with Crippen LogP contribution in [-0.4, -0.2) is 22.4 Å². The third kappa shape index (κ3) is 2.33. The highest BCUT2D eigenvalue weighted by Crippen LogP contribution is 2.18. The minimum Gasteiger partial charge on any atom is -0.488 e. The number of aromatic hydroxyl groups is 1. The van der Waals surface area contributed by atoms with Gasteiger partial charge in [-0.2, -0.15) is 9.24 Å². The first-order chi connectivity index (χ1) is 9.56. The molecule has 3 N–H and O–H groups in total. The molecule has 0 saturated carbocycles. The van der Waals surface area contributed by atoms with Gasteiger partial charge in [-0.15, -0.1) is 0 Å². The van der Waals surface area contributed by atoms with Crippen molar-refractivity contribution in [3.05, 3.63) is 52.6 Å². The molecule has 2 heterocycles. The summed E-state index contributed by atoms with van der Waals surface area (Å²) in [5, 5.41) is 10.0. The van der Waals surface area contributed by atoms with Crippen molar-refractivity contribution in [2.45, 2.75) is 6.92 Å². The van der Waals surface area contributed by atoms with Gasteiger partial charge in [0, 0.05) is 18.2 Å². The molecule has 0 bridgehead atoms. The fourth-order valence-corrected chi connectivity index (χ4v) is 1.77. The molecule has 0 unspecified atom stereocenters. The molecule has 104 valence electrons. The Hall–Kier alpha value is -2.83. The van der Waals surface area contributed by atoms with Crippen molar-refractivity contribution in [3.8, 4) is 11.6 Å². The summed E-state index contributed by atoms with van der Waals surface area (Å²) in [7, 11) is 0. The predicted molar refractivity (Wildman–Crippen MR) is 70.0 cm³/mol. The summed E-state index contributed by atoms with van der Waals surface area (Å²) in [4.78, 5) is 23.5. The van der Waals surface area contributed by atoms with Crippen LogP contribution in [0.1, 0.15) is 17.3 Å². The van der Waals surface area contributed by atoms with Crippen molar-refractivity contribution < 1.29 is 19.2 Å². The highest BCUT2D eigenvalue weighted by Gasteiger charge is 2.27. The van der Waals surface area contributed by atoms with Gasteiger partial charge in [0.05, 0.1) is 6.61 Å². The van der Waals surface area contributed by atoms with Crippen LogP contribution < -0.4 is 16.0 Å². The van der Waals surface area contributed by atoms with Gasteiger partial charge in [-0.25, -0.2) is 4.79 Å². The number of esters is 1. The Labute approximate surface area is 114 Å². The molecule has 2 rings (SSSR count). The lowest BCUT2D eigenvalue weighted by molar-refractivity contribution is -0.596. The van der Waals surface area contributed by atoms with Gasteiger partial charge in [0.2, 0.25) is 0 Å². The maximum absolute atomic E-state index is 11.9. The lowest BCUT2D eigenvalue weighted by Gasteiger charge is -2.08. The van der Waals surface area contributed by atoms with Crippen LogP contribution >= 0.6 is 0 Å². The van der Waals surface area contributed by atoms with Gasteiger partial charge in [0.1, 0.15) is 5.56 Å². The molecule has 0 aromatic carbocycles. The molecule has 2 aromatic heterocycles. The van der Waals surface area contributed by atoms with Crippen LogP contribution in [0.3, 0.4) is 0 Å². The van der Waals surface area contributed by atoms with Crippen LogP contribution in [0.4, 0.5) is 0 Å². The van der Waals surface area contributed by atoms with Crippen LogP contribution in [0.25, 0.3) is 5.69 Å². The maximum Gasteiger partial charge on any atom is 0.345 e. The van der Waals surface area contributed by atoms with Gasteiger partial charge in [-0.3, -0.25) is 4.79 Å². The number of nitrogens with zero attached hydrogens (tertiary/aromatic N) is 2. The number of carbonyl (C=O) groups is 1. The third-order valence-electron chi connectivity index (χ3n) is 2.67. The zero-order valence-electron chi connectivity index (χ0n) is 10.8. The quantitative estimate of drug-likeness (QED) is 0.456. The molecule has 0 saturated heterocycles. The van der Waals surface area contributed by atoms with E-state index in [2.05, 4.69) is 0 Å². The molecule has 0 atom stereocenters. The summed E-state index contributed by atoms with van der Waals surface area (Å²) >= 11 is 0. The van der Waals surface area contributed by atoms with E-state index in [0.29, 0.717) is 4.68 Å². The van der Waals surface area contributed by atoms with E-state index in [1.165, 1.54) is 4.57 Å². The van der Waals surface area contributed by atoms with Gasteiger partial charge in [-0.1, -0.05) is 6.07 Å². The fraction of sp³-hybridized carbons (Fsp3) is 0.154. The summed E-state index contributed by atoms with van der Waals surface area (Å²) < 4.78 is 6.93. The molecule has 0 aliphatic heterocycles. The molecule has 2 aromatic rings. The zero-order valence-corrected chi connectivity index (χ0v) is 10.8. The summed E-state index contributed by atoms with van der Waals surface area (Å²) in [5.74, 6) is 4.23. The summed E-state index contributed by atoms with van der Waals surface area (Å²) in [6.07, 6.45) is 3.23. The van der Waals surface area contributed by atoms with E-state index >= 15 is 0 Å². The van der Waals surface area contributed by atoms with Crippen LogP contribution in [0.5, 0.6) is 5.88 Å². The van der Waals surface area contributed by atoms with E-state index < -0.39 is 17.4 Å². The number of ether oxygens (including phenoxy) is 1. The molecule has 7 nitrogen and oxygen atoms in total. The van der Waals surface area contributed by atoms with E-state index in [1.807, 2.05) is 0 Å². The number of nitrogens with two attached hydrogens (primary N) is 1. The fourth-order valence-electron chi connectivity index (χ4n) is 1.77. The molecule has 0 spiro atoms. The van der Waals surface area contributed by atoms with Gasteiger partial charge in [-0.05, 0) is 6.92 Å². The average molecular weight is 276 g/mol. The van der Waals surface area contributed by atoms with E-state index in [1.54, 1.807) is 37.5 Å². The number of nitrogen functional groups attached to an aromatic ring is 1. The van der Waals surface area contributed by atoms with Crippen molar-refractivity contribution in [2.75, 3.05) is 12.4 Å². The number of carbonyl (C=O) groups excluding carboxylic acids is 1. The first kappa shape index (κ1) is 13.6. The lowest BCUT2D eigenvalue weighted by atomic mass is 10.2. The zero-order chi connectivity index (χ0) is 14.7. The van der Waals surface area contributed by atoms with Crippen molar-refractivity contribution in [1.29, 1.82) is 0 Å². The second kappa shape index (κ2) is 5.43. The molecular formula is C13H14N3O4+. The van der Waals surface area contributed by atoms with Gasteiger partial charge in [0.15, 0.2) is 12.4 Å². The number of pyridine rings is 2. The molecule has 0 aliphatic carbocycles. The monoisotopic (exact) mass is 276 g/mol. The van der Waals surface area contributed by atoms with E-state index in [9.17, 15) is 14.7 Å². The van der Waals surface area contributed by atoms with Crippen molar-refractivity contribution in [2.24, 2.45) is 0 Å². The number of hydrogen-bond acceptors (Lipinski definition) is 5. The second-order valence-electron chi connectivity index (χ2n) is 3.94. The molecule has 0 radical (unpaired) electrons. The smallest absolute Gasteiger partial charge is 0.345 e. The van der Waals surface area contributed by atoms with Crippen molar-refractivity contribution >= 4 is 5.97 Å². The standard InChI is InChI=1S/C13H13N3O4/c1-2-20-13(19)9-8-10(17)16(14)12(18)11(9)15-6-4-3-5-7-15/h3-8H,2,14H2,1H3/p+1. The van der Waals surface area contributed by atoms with Gasteiger partial charge >= 0.3 is 5.97 Å². The Morgan fingerprint density at radius 3 is 2.65 bits per heavy atom. The molecular weight excluding hydrogens is 262 g/mol. The van der Waals surface area contributed by atoms with Gasteiger partial charge in [0.25, 0.3) is 17.1 Å². The molecule has 20 heavy (non-hydrogen) atoms. The second-order valence-corrected chi connectivity index (χ2v) is 3.94. The summed E-state index contributed by atoms with van der Waals surface area (Å²) in [6.45, 7) is 1.81. The largest absolute Gasteiger partial charge is 0.488 e. The van der Waals surface area contributed by atoms with Crippen molar-refractivity contribution in [1.82, 2.24) is 4.68 Å².